The second-order valence-electron chi connectivity index (χ2n) is 7.30. The van der Waals surface area contributed by atoms with Crippen molar-refractivity contribution >= 4 is 11.6 Å². The number of rotatable bonds is 4. The largest absolute Gasteiger partial charge is 0.416 e. The van der Waals surface area contributed by atoms with E-state index in [0.717, 1.165) is 57.0 Å². The standard InChI is InChI=1S/C20H24F3N5O/c21-20(22,23)17-3-1-2-16(12-17)14-26-4-6-27(7-5-26)18-13-19(25-15-24-18)28-8-10-29-11-9-28/h1-3,12-13,15H,4-11,14H2. The first-order valence-corrected chi connectivity index (χ1v) is 9.77. The maximum absolute atomic E-state index is 12.9. The molecule has 9 heteroatoms. The Morgan fingerprint density at radius 2 is 1.52 bits per heavy atom. The molecule has 0 radical (unpaired) electrons. The molecule has 2 saturated heterocycles. The third-order valence-electron chi connectivity index (χ3n) is 5.33. The maximum Gasteiger partial charge on any atom is 0.416 e. The number of hydrogen-bond acceptors (Lipinski definition) is 6. The van der Waals surface area contributed by atoms with E-state index < -0.39 is 11.7 Å². The Morgan fingerprint density at radius 3 is 2.17 bits per heavy atom. The highest BCUT2D eigenvalue weighted by atomic mass is 19.4. The fourth-order valence-electron chi connectivity index (χ4n) is 3.71. The van der Waals surface area contributed by atoms with Crippen LogP contribution in [0.25, 0.3) is 0 Å². The van der Waals surface area contributed by atoms with Crippen LogP contribution in [0.5, 0.6) is 0 Å². The van der Waals surface area contributed by atoms with E-state index in [4.69, 9.17) is 4.74 Å². The number of morpholine rings is 1. The van der Waals surface area contributed by atoms with Gasteiger partial charge in [-0.3, -0.25) is 4.90 Å². The van der Waals surface area contributed by atoms with E-state index in [9.17, 15) is 13.2 Å². The van der Waals surface area contributed by atoms with Gasteiger partial charge in [-0.25, -0.2) is 9.97 Å². The molecular weight excluding hydrogens is 383 g/mol. The molecule has 156 valence electrons. The quantitative estimate of drug-likeness (QED) is 0.777. The predicted molar refractivity (Wildman–Crippen MR) is 104 cm³/mol. The summed E-state index contributed by atoms with van der Waals surface area (Å²) >= 11 is 0. The van der Waals surface area contributed by atoms with E-state index in [1.807, 2.05) is 6.07 Å². The lowest BCUT2D eigenvalue weighted by molar-refractivity contribution is -0.137. The second-order valence-corrected chi connectivity index (χ2v) is 7.30. The summed E-state index contributed by atoms with van der Waals surface area (Å²) in [5, 5.41) is 0. The van der Waals surface area contributed by atoms with E-state index in [-0.39, 0.29) is 0 Å². The summed E-state index contributed by atoms with van der Waals surface area (Å²) in [6.07, 6.45) is -2.71. The van der Waals surface area contributed by atoms with Crippen molar-refractivity contribution in [3.8, 4) is 0 Å². The van der Waals surface area contributed by atoms with Gasteiger partial charge in [0.1, 0.15) is 18.0 Å². The van der Waals surface area contributed by atoms with Crippen LogP contribution in [0.15, 0.2) is 36.7 Å². The van der Waals surface area contributed by atoms with Gasteiger partial charge in [0.2, 0.25) is 0 Å². The van der Waals surface area contributed by atoms with Gasteiger partial charge in [-0.1, -0.05) is 18.2 Å². The Labute approximate surface area is 167 Å². The fraction of sp³-hybridized carbons (Fsp3) is 0.500. The van der Waals surface area contributed by atoms with E-state index in [1.54, 1.807) is 12.4 Å². The minimum absolute atomic E-state index is 0.514. The van der Waals surface area contributed by atoms with Crippen LogP contribution in [0.4, 0.5) is 24.8 Å². The maximum atomic E-state index is 12.9. The Morgan fingerprint density at radius 1 is 0.862 bits per heavy atom. The zero-order valence-corrected chi connectivity index (χ0v) is 16.1. The van der Waals surface area contributed by atoms with Crippen LogP contribution in [0.3, 0.4) is 0 Å². The van der Waals surface area contributed by atoms with E-state index >= 15 is 0 Å². The molecule has 3 heterocycles. The molecule has 1 aromatic heterocycles. The zero-order valence-electron chi connectivity index (χ0n) is 16.1. The monoisotopic (exact) mass is 407 g/mol. The lowest BCUT2D eigenvalue weighted by Crippen LogP contribution is -2.46. The second kappa shape index (κ2) is 8.54. The number of aromatic nitrogens is 2. The first-order chi connectivity index (χ1) is 14.0. The molecule has 2 aromatic rings. The molecule has 4 rings (SSSR count). The van der Waals surface area contributed by atoms with Crippen molar-refractivity contribution in [3.63, 3.8) is 0 Å². The summed E-state index contributed by atoms with van der Waals surface area (Å²) < 4.78 is 44.1. The molecule has 29 heavy (non-hydrogen) atoms. The molecule has 0 N–H and O–H groups in total. The summed E-state index contributed by atoms with van der Waals surface area (Å²) in [6.45, 7) is 6.65. The number of halogens is 3. The van der Waals surface area contributed by atoms with E-state index in [1.165, 1.54) is 12.1 Å². The first-order valence-electron chi connectivity index (χ1n) is 9.77. The van der Waals surface area contributed by atoms with Gasteiger partial charge < -0.3 is 14.5 Å². The Balaban J connectivity index is 1.35. The van der Waals surface area contributed by atoms with Gasteiger partial charge in [-0.05, 0) is 11.6 Å². The van der Waals surface area contributed by atoms with Gasteiger partial charge in [0.15, 0.2) is 0 Å². The zero-order chi connectivity index (χ0) is 20.3. The average molecular weight is 407 g/mol. The summed E-state index contributed by atoms with van der Waals surface area (Å²) in [6, 6.07) is 7.59. The van der Waals surface area contributed by atoms with Gasteiger partial charge in [0.25, 0.3) is 0 Å². The molecule has 2 aliphatic heterocycles. The van der Waals surface area contributed by atoms with Crippen molar-refractivity contribution in [3.05, 3.63) is 47.8 Å². The molecule has 1 aromatic carbocycles. The fourth-order valence-corrected chi connectivity index (χ4v) is 3.71. The molecule has 0 unspecified atom stereocenters. The highest BCUT2D eigenvalue weighted by Crippen LogP contribution is 2.30. The topological polar surface area (TPSA) is 44.7 Å². The first kappa shape index (κ1) is 19.9. The van der Waals surface area contributed by atoms with Crippen molar-refractivity contribution in [2.24, 2.45) is 0 Å². The van der Waals surface area contributed by atoms with Crippen LogP contribution in [0, 0.1) is 0 Å². The lowest BCUT2D eigenvalue weighted by atomic mass is 10.1. The summed E-state index contributed by atoms with van der Waals surface area (Å²) in [5.41, 5.74) is 0.0928. The summed E-state index contributed by atoms with van der Waals surface area (Å²) in [7, 11) is 0. The van der Waals surface area contributed by atoms with Gasteiger partial charge in [0.05, 0.1) is 18.8 Å². The van der Waals surface area contributed by atoms with Crippen molar-refractivity contribution in [1.82, 2.24) is 14.9 Å². The molecule has 0 atom stereocenters. The van der Waals surface area contributed by atoms with Gasteiger partial charge >= 0.3 is 6.18 Å². The van der Waals surface area contributed by atoms with Crippen molar-refractivity contribution in [1.29, 1.82) is 0 Å². The lowest BCUT2D eigenvalue weighted by Gasteiger charge is -2.36. The number of nitrogens with zero attached hydrogens (tertiary/aromatic N) is 5. The third kappa shape index (κ3) is 4.97. The Hall–Kier alpha value is -2.39. The Kier molecular flexibility index (Phi) is 5.86. The number of ether oxygens (including phenoxy) is 1. The number of benzene rings is 1. The average Bonchev–Trinajstić information content (AvgIpc) is 2.75. The molecule has 0 spiro atoms. The minimum Gasteiger partial charge on any atom is -0.378 e. The molecule has 0 amide bonds. The molecule has 6 nitrogen and oxygen atoms in total. The number of hydrogen-bond donors (Lipinski definition) is 0. The molecule has 0 saturated carbocycles. The van der Waals surface area contributed by atoms with E-state index in [0.29, 0.717) is 25.3 Å². The molecular formula is C20H24F3N5O. The van der Waals surface area contributed by atoms with Crippen LogP contribution >= 0.6 is 0 Å². The summed E-state index contributed by atoms with van der Waals surface area (Å²) in [5.74, 6) is 1.80. The van der Waals surface area contributed by atoms with Crippen LogP contribution in [0.2, 0.25) is 0 Å². The van der Waals surface area contributed by atoms with Crippen LogP contribution < -0.4 is 9.80 Å². The van der Waals surface area contributed by atoms with Gasteiger partial charge in [0, 0.05) is 51.9 Å². The Bertz CT molecular complexity index is 818. The molecule has 0 bridgehead atoms. The van der Waals surface area contributed by atoms with Gasteiger partial charge in [-0.15, -0.1) is 0 Å². The highest BCUT2D eigenvalue weighted by molar-refractivity contribution is 5.50. The molecule has 2 fully saturated rings. The van der Waals surface area contributed by atoms with Crippen molar-refractivity contribution in [2.75, 3.05) is 62.3 Å². The van der Waals surface area contributed by atoms with Gasteiger partial charge in [-0.2, -0.15) is 13.2 Å². The SMILES string of the molecule is FC(F)(F)c1cccc(CN2CCN(c3cc(N4CCOCC4)ncn3)CC2)c1. The number of alkyl halides is 3. The molecule has 2 aliphatic rings. The molecule has 0 aliphatic carbocycles. The third-order valence-corrected chi connectivity index (χ3v) is 5.33. The van der Waals surface area contributed by atoms with E-state index in [2.05, 4.69) is 24.7 Å². The predicted octanol–water partition coefficient (Wildman–Crippen LogP) is 2.65. The number of anilines is 2. The smallest absolute Gasteiger partial charge is 0.378 e. The number of piperazine rings is 1. The minimum atomic E-state index is -4.31. The van der Waals surface area contributed by atoms with Crippen molar-refractivity contribution in [2.45, 2.75) is 12.7 Å². The van der Waals surface area contributed by atoms with Crippen molar-refractivity contribution < 1.29 is 17.9 Å². The van der Waals surface area contributed by atoms with Crippen LogP contribution in [-0.2, 0) is 17.5 Å². The summed E-state index contributed by atoms with van der Waals surface area (Å²) in [4.78, 5) is 15.4. The van der Waals surface area contributed by atoms with Crippen LogP contribution in [-0.4, -0.2) is 67.4 Å². The van der Waals surface area contributed by atoms with Crippen LogP contribution in [0.1, 0.15) is 11.1 Å². The normalized spacial score (nSPS) is 18.9. The highest BCUT2D eigenvalue weighted by Gasteiger charge is 2.30.